The molecule has 0 bridgehead atoms. The molecule has 1 heterocycles. The summed E-state index contributed by atoms with van der Waals surface area (Å²) in [5.74, 6) is 0.399. The van der Waals surface area contributed by atoms with E-state index in [0.29, 0.717) is 17.5 Å². The number of ether oxygens (including phenoxy) is 2. The predicted octanol–water partition coefficient (Wildman–Crippen LogP) is 5.66. The van der Waals surface area contributed by atoms with Crippen molar-refractivity contribution in [2.45, 2.75) is 70.9 Å². The number of carbonyl (C=O) groups excluding carboxylic acids is 2. The Morgan fingerprint density at radius 1 is 1.10 bits per heavy atom. The van der Waals surface area contributed by atoms with Gasteiger partial charge in [-0.3, -0.25) is 0 Å². The summed E-state index contributed by atoms with van der Waals surface area (Å²) in [6, 6.07) is 7.46. The summed E-state index contributed by atoms with van der Waals surface area (Å²) in [5, 5.41) is 0. The average molecular weight is 412 g/mol. The molecule has 0 aromatic heterocycles. The number of rotatable bonds is 3. The second kappa shape index (κ2) is 7.75. The number of benzene rings is 1. The smallest absolute Gasteiger partial charge is 0.410 e. The lowest BCUT2D eigenvalue weighted by Gasteiger charge is -2.56. The first-order valence-corrected chi connectivity index (χ1v) is 11.1. The van der Waals surface area contributed by atoms with Crippen LogP contribution in [0.25, 0.3) is 0 Å². The highest BCUT2D eigenvalue weighted by atomic mass is 16.6. The van der Waals surface area contributed by atoms with E-state index in [-0.39, 0.29) is 18.1 Å². The van der Waals surface area contributed by atoms with Crippen molar-refractivity contribution in [2.24, 2.45) is 11.3 Å². The van der Waals surface area contributed by atoms with E-state index < -0.39 is 5.60 Å². The van der Waals surface area contributed by atoms with Crippen LogP contribution in [0.15, 0.2) is 35.9 Å². The lowest BCUT2D eigenvalue weighted by Crippen LogP contribution is -2.51. The van der Waals surface area contributed by atoms with E-state index in [9.17, 15) is 9.59 Å². The molecule has 1 aromatic carbocycles. The van der Waals surface area contributed by atoms with Crippen LogP contribution in [0.2, 0.25) is 0 Å². The molecule has 1 amide bonds. The van der Waals surface area contributed by atoms with Gasteiger partial charge in [-0.2, -0.15) is 0 Å². The summed E-state index contributed by atoms with van der Waals surface area (Å²) in [4.78, 5) is 26.7. The van der Waals surface area contributed by atoms with E-state index in [1.54, 1.807) is 17.7 Å². The van der Waals surface area contributed by atoms with Gasteiger partial charge < -0.3 is 14.4 Å². The van der Waals surface area contributed by atoms with Gasteiger partial charge in [-0.1, -0.05) is 23.8 Å². The van der Waals surface area contributed by atoms with Crippen LogP contribution in [-0.4, -0.2) is 36.2 Å². The van der Waals surface area contributed by atoms with Crippen LogP contribution in [0.4, 0.5) is 4.79 Å². The second-order valence-electron chi connectivity index (χ2n) is 10.2. The fourth-order valence-electron chi connectivity index (χ4n) is 5.23. The van der Waals surface area contributed by atoms with Gasteiger partial charge in [0.1, 0.15) is 5.60 Å². The van der Waals surface area contributed by atoms with Crippen molar-refractivity contribution in [2.75, 3.05) is 13.7 Å². The number of hydrogen-bond acceptors (Lipinski definition) is 4. The quantitative estimate of drug-likeness (QED) is 0.475. The fourth-order valence-corrected chi connectivity index (χ4v) is 5.23. The molecule has 1 aromatic rings. The summed E-state index contributed by atoms with van der Waals surface area (Å²) in [5.41, 5.74) is 3.01. The zero-order chi connectivity index (χ0) is 21.5. The van der Waals surface area contributed by atoms with Gasteiger partial charge in [0.15, 0.2) is 0 Å². The van der Waals surface area contributed by atoms with Gasteiger partial charge in [0, 0.05) is 6.54 Å². The van der Waals surface area contributed by atoms with Crippen molar-refractivity contribution >= 4 is 12.1 Å². The molecular formula is C25H33NO4. The molecule has 1 spiro atoms. The third kappa shape index (κ3) is 4.12. The van der Waals surface area contributed by atoms with Crippen molar-refractivity contribution in [1.82, 2.24) is 4.90 Å². The molecular weight excluding hydrogens is 378 g/mol. The Bertz CT molecular complexity index is 843. The number of allylic oxidation sites excluding steroid dienone is 2. The van der Waals surface area contributed by atoms with Gasteiger partial charge in [0.25, 0.3) is 0 Å². The Morgan fingerprint density at radius 3 is 2.30 bits per heavy atom. The topological polar surface area (TPSA) is 55.8 Å². The Morgan fingerprint density at radius 2 is 1.77 bits per heavy atom. The maximum Gasteiger partial charge on any atom is 0.410 e. The molecule has 1 aliphatic heterocycles. The Balaban J connectivity index is 1.55. The van der Waals surface area contributed by atoms with E-state index in [0.717, 1.165) is 24.3 Å². The first kappa shape index (κ1) is 21.0. The van der Waals surface area contributed by atoms with Crippen LogP contribution in [0.3, 0.4) is 0 Å². The summed E-state index contributed by atoms with van der Waals surface area (Å²) < 4.78 is 10.5. The van der Waals surface area contributed by atoms with Gasteiger partial charge in [-0.25, -0.2) is 9.59 Å². The van der Waals surface area contributed by atoms with Crippen molar-refractivity contribution in [3.63, 3.8) is 0 Å². The fraction of sp³-hybridized carbons (Fsp3) is 0.600. The van der Waals surface area contributed by atoms with E-state index in [1.807, 2.05) is 37.8 Å². The third-order valence-corrected chi connectivity index (χ3v) is 6.95. The Labute approximate surface area is 179 Å². The van der Waals surface area contributed by atoms with Crippen LogP contribution >= 0.6 is 0 Å². The molecule has 3 aliphatic rings. The molecule has 1 atom stereocenters. The summed E-state index contributed by atoms with van der Waals surface area (Å²) in [6.07, 6.45) is 9.10. The molecule has 0 unspecified atom stereocenters. The molecule has 0 radical (unpaired) electrons. The summed E-state index contributed by atoms with van der Waals surface area (Å²) in [6.45, 7) is 6.42. The van der Waals surface area contributed by atoms with Crippen LogP contribution in [0, 0.1) is 11.3 Å². The second-order valence-corrected chi connectivity index (χ2v) is 10.2. The van der Waals surface area contributed by atoms with Gasteiger partial charge >= 0.3 is 12.1 Å². The molecule has 1 saturated carbocycles. The number of carbonyl (C=O) groups is 2. The minimum Gasteiger partial charge on any atom is -0.465 e. The standard InChI is InChI=1S/C25H33NO4/c1-24(2,3)30-23(28)26-13-12-25(14-20(15-25)17-6-5-7-17)16-21(26)18-8-10-19(11-9-18)22(27)29-4/h6,8-11,20-21H,5,7,12-16H2,1-4H3/t20?,21-,25?/m0/s1. The number of methoxy groups -OCH3 is 1. The minimum absolute atomic E-state index is 0.0309. The minimum atomic E-state index is -0.524. The molecule has 0 N–H and O–H groups in total. The highest BCUT2D eigenvalue weighted by Crippen LogP contribution is 2.59. The highest BCUT2D eigenvalue weighted by Gasteiger charge is 2.51. The van der Waals surface area contributed by atoms with Crippen LogP contribution in [0.1, 0.15) is 81.3 Å². The average Bonchev–Trinajstić information content (AvgIpc) is 2.63. The normalized spacial score (nSPS) is 28.3. The first-order chi connectivity index (χ1) is 14.2. The molecule has 2 aliphatic carbocycles. The molecule has 5 nitrogen and oxygen atoms in total. The number of hydrogen-bond donors (Lipinski definition) is 0. The maximum atomic E-state index is 13.0. The zero-order valence-corrected chi connectivity index (χ0v) is 18.6. The van der Waals surface area contributed by atoms with Crippen molar-refractivity contribution in [3.05, 3.63) is 47.0 Å². The zero-order valence-electron chi connectivity index (χ0n) is 18.6. The number of likely N-dealkylation sites (tertiary alicyclic amines) is 1. The number of piperidine rings is 1. The number of nitrogens with zero attached hydrogens (tertiary/aromatic N) is 1. The molecule has 1 saturated heterocycles. The number of amides is 1. The largest absolute Gasteiger partial charge is 0.465 e. The molecule has 162 valence electrons. The summed E-state index contributed by atoms with van der Waals surface area (Å²) >= 11 is 0. The number of esters is 1. The van der Waals surface area contributed by atoms with Gasteiger partial charge in [-0.05, 0) is 88.3 Å². The summed E-state index contributed by atoms with van der Waals surface area (Å²) in [7, 11) is 1.38. The van der Waals surface area contributed by atoms with Crippen LogP contribution < -0.4 is 0 Å². The van der Waals surface area contributed by atoms with Crippen LogP contribution in [-0.2, 0) is 9.47 Å². The Kier molecular flexibility index (Phi) is 5.41. The van der Waals surface area contributed by atoms with Crippen LogP contribution in [0.5, 0.6) is 0 Å². The predicted molar refractivity (Wildman–Crippen MR) is 115 cm³/mol. The van der Waals surface area contributed by atoms with E-state index in [4.69, 9.17) is 9.47 Å². The highest BCUT2D eigenvalue weighted by molar-refractivity contribution is 5.89. The van der Waals surface area contributed by atoms with Gasteiger partial charge in [0.2, 0.25) is 0 Å². The third-order valence-electron chi connectivity index (χ3n) is 6.95. The molecule has 5 heteroatoms. The van der Waals surface area contributed by atoms with Crippen molar-refractivity contribution in [3.8, 4) is 0 Å². The maximum absolute atomic E-state index is 13.0. The van der Waals surface area contributed by atoms with Crippen molar-refractivity contribution in [1.29, 1.82) is 0 Å². The molecule has 30 heavy (non-hydrogen) atoms. The lowest BCUT2D eigenvalue weighted by atomic mass is 9.53. The van der Waals surface area contributed by atoms with Gasteiger partial charge in [-0.15, -0.1) is 0 Å². The van der Waals surface area contributed by atoms with E-state index in [1.165, 1.54) is 32.8 Å². The Hall–Kier alpha value is -2.30. The molecule has 2 fully saturated rings. The first-order valence-electron chi connectivity index (χ1n) is 11.1. The SMILES string of the molecule is COC(=O)c1ccc([C@@H]2CC3(CCN2C(=O)OC(C)(C)C)CC(C2=CCC2)C3)cc1. The molecule has 4 rings (SSSR count). The monoisotopic (exact) mass is 411 g/mol. The van der Waals surface area contributed by atoms with Gasteiger partial charge in [0.05, 0.1) is 18.7 Å². The lowest BCUT2D eigenvalue weighted by molar-refractivity contribution is -0.0454. The van der Waals surface area contributed by atoms with E-state index >= 15 is 0 Å². The van der Waals surface area contributed by atoms with E-state index in [2.05, 4.69) is 6.08 Å². The van der Waals surface area contributed by atoms with Crippen molar-refractivity contribution < 1.29 is 19.1 Å².